The predicted octanol–water partition coefficient (Wildman–Crippen LogP) is 4.79. The molecule has 22 heavy (non-hydrogen) atoms. The number of hydrogen-bond donors (Lipinski definition) is 1. The van der Waals surface area contributed by atoms with E-state index in [2.05, 4.69) is 39.1 Å². The van der Waals surface area contributed by atoms with Crippen molar-refractivity contribution in [3.8, 4) is 11.4 Å². The summed E-state index contributed by atoms with van der Waals surface area (Å²) in [7, 11) is 0. The van der Waals surface area contributed by atoms with Crippen molar-refractivity contribution < 1.29 is 0 Å². The minimum atomic E-state index is 0.508. The van der Waals surface area contributed by atoms with Crippen molar-refractivity contribution in [1.82, 2.24) is 9.97 Å². The van der Waals surface area contributed by atoms with Gasteiger partial charge in [0.05, 0.1) is 5.52 Å². The Morgan fingerprint density at radius 2 is 1.55 bits per heavy atom. The first-order valence-corrected chi connectivity index (χ1v) is 7.72. The van der Waals surface area contributed by atoms with Crippen LogP contribution >= 0.6 is 15.9 Å². The van der Waals surface area contributed by atoms with Gasteiger partial charge in [-0.25, -0.2) is 9.97 Å². The third-order valence-electron chi connectivity index (χ3n) is 3.72. The number of hydrogen-bond acceptors (Lipinski definition) is 3. The zero-order chi connectivity index (χ0) is 15.1. The van der Waals surface area contributed by atoms with Gasteiger partial charge in [0.15, 0.2) is 5.82 Å². The number of benzene rings is 3. The maximum Gasteiger partial charge on any atom is 0.162 e. The van der Waals surface area contributed by atoms with Crippen LogP contribution in [0.25, 0.3) is 33.1 Å². The van der Waals surface area contributed by atoms with Gasteiger partial charge in [-0.1, -0.05) is 58.4 Å². The lowest BCUT2D eigenvalue weighted by atomic mass is 10.1. The zero-order valence-corrected chi connectivity index (χ0v) is 13.2. The predicted molar refractivity (Wildman–Crippen MR) is 94.6 cm³/mol. The van der Waals surface area contributed by atoms with Gasteiger partial charge < -0.3 is 5.73 Å². The Morgan fingerprint density at radius 3 is 2.36 bits per heavy atom. The fraction of sp³-hybridized carbons (Fsp3) is 0. The van der Waals surface area contributed by atoms with Gasteiger partial charge in [-0.2, -0.15) is 0 Å². The first-order chi connectivity index (χ1) is 10.7. The van der Waals surface area contributed by atoms with Crippen LogP contribution in [0.5, 0.6) is 0 Å². The smallest absolute Gasteiger partial charge is 0.162 e. The Hall–Kier alpha value is -2.46. The molecule has 0 aliphatic carbocycles. The molecule has 2 N–H and O–H groups in total. The highest BCUT2D eigenvalue weighted by Crippen LogP contribution is 2.29. The molecule has 1 aromatic heterocycles. The van der Waals surface area contributed by atoms with E-state index < -0.39 is 0 Å². The highest BCUT2D eigenvalue weighted by molar-refractivity contribution is 9.10. The first-order valence-electron chi connectivity index (χ1n) is 6.93. The lowest BCUT2D eigenvalue weighted by Gasteiger charge is -2.08. The highest BCUT2D eigenvalue weighted by Gasteiger charge is 2.10. The average Bonchev–Trinajstić information content (AvgIpc) is 2.55. The molecule has 0 saturated carbocycles. The largest absolute Gasteiger partial charge is 0.383 e. The fourth-order valence-corrected chi connectivity index (χ4v) is 2.88. The molecule has 3 aromatic carbocycles. The molecular formula is C18H12BrN3. The summed E-state index contributed by atoms with van der Waals surface area (Å²) in [5.74, 6) is 1.16. The lowest BCUT2D eigenvalue weighted by molar-refractivity contribution is 1.24. The second-order valence-electron chi connectivity index (χ2n) is 5.12. The molecule has 0 saturated heterocycles. The van der Waals surface area contributed by atoms with Gasteiger partial charge in [-0.05, 0) is 23.6 Å². The summed E-state index contributed by atoms with van der Waals surface area (Å²) in [6, 6.07) is 20.1. The minimum absolute atomic E-state index is 0.508. The molecule has 0 aliphatic rings. The standard InChI is InChI=1S/C18H12BrN3/c19-13-8-5-12(6-9-13)18-21-16-14-4-2-1-3-11(14)7-10-15(16)17(20)22-18/h1-10H,(H2,20,21,22). The molecule has 0 unspecified atom stereocenters. The van der Waals surface area contributed by atoms with E-state index in [4.69, 9.17) is 10.7 Å². The van der Waals surface area contributed by atoms with Crippen LogP contribution in [-0.2, 0) is 0 Å². The molecule has 0 aliphatic heterocycles. The molecular weight excluding hydrogens is 338 g/mol. The summed E-state index contributed by atoms with van der Waals surface area (Å²) in [6.07, 6.45) is 0. The highest BCUT2D eigenvalue weighted by atomic mass is 79.9. The van der Waals surface area contributed by atoms with E-state index in [1.165, 1.54) is 0 Å². The maximum absolute atomic E-state index is 6.15. The van der Waals surface area contributed by atoms with Gasteiger partial charge in [0.25, 0.3) is 0 Å². The number of halogens is 1. The SMILES string of the molecule is Nc1nc(-c2ccc(Br)cc2)nc2c1ccc1ccccc12. The van der Waals surface area contributed by atoms with Crippen LogP contribution in [0.1, 0.15) is 0 Å². The van der Waals surface area contributed by atoms with E-state index in [9.17, 15) is 0 Å². The van der Waals surface area contributed by atoms with Crippen LogP contribution < -0.4 is 5.73 Å². The van der Waals surface area contributed by atoms with Gasteiger partial charge in [0.1, 0.15) is 5.82 Å². The maximum atomic E-state index is 6.15. The van der Waals surface area contributed by atoms with Gasteiger partial charge in [-0.3, -0.25) is 0 Å². The molecule has 0 atom stereocenters. The van der Waals surface area contributed by atoms with E-state index in [0.717, 1.165) is 31.7 Å². The zero-order valence-electron chi connectivity index (χ0n) is 11.6. The first kappa shape index (κ1) is 13.2. The van der Waals surface area contributed by atoms with Crippen LogP contribution in [-0.4, -0.2) is 9.97 Å². The molecule has 106 valence electrons. The summed E-state index contributed by atoms with van der Waals surface area (Å²) in [5, 5.41) is 3.13. The lowest BCUT2D eigenvalue weighted by Crippen LogP contribution is -1.98. The monoisotopic (exact) mass is 349 g/mol. The molecule has 4 rings (SSSR count). The summed E-state index contributed by atoms with van der Waals surface area (Å²) in [5.41, 5.74) is 8.00. The van der Waals surface area contributed by atoms with Gasteiger partial charge in [-0.15, -0.1) is 0 Å². The van der Waals surface area contributed by atoms with Crippen molar-refractivity contribution in [1.29, 1.82) is 0 Å². The Kier molecular flexibility index (Phi) is 3.05. The Morgan fingerprint density at radius 1 is 0.773 bits per heavy atom. The minimum Gasteiger partial charge on any atom is -0.383 e. The number of nitrogen functional groups attached to an aromatic ring is 1. The van der Waals surface area contributed by atoms with E-state index in [0.29, 0.717) is 11.6 Å². The normalized spacial score (nSPS) is 11.1. The number of rotatable bonds is 1. The van der Waals surface area contributed by atoms with E-state index >= 15 is 0 Å². The topological polar surface area (TPSA) is 51.8 Å². The molecule has 0 amide bonds. The van der Waals surface area contributed by atoms with Gasteiger partial charge in [0, 0.05) is 20.8 Å². The molecule has 4 aromatic rings. The van der Waals surface area contributed by atoms with Crippen molar-refractivity contribution in [2.45, 2.75) is 0 Å². The van der Waals surface area contributed by atoms with Crippen molar-refractivity contribution in [2.75, 3.05) is 5.73 Å². The van der Waals surface area contributed by atoms with Crippen LogP contribution in [0, 0.1) is 0 Å². The van der Waals surface area contributed by atoms with Crippen LogP contribution in [0.15, 0.2) is 65.1 Å². The van der Waals surface area contributed by atoms with Crippen LogP contribution in [0.2, 0.25) is 0 Å². The summed E-state index contributed by atoms with van der Waals surface area (Å²) >= 11 is 3.44. The molecule has 1 heterocycles. The molecule has 4 heteroatoms. The quantitative estimate of drug-likeness (QED) is 0.502. The summed E-state index contributed by atoms with van der Waals surface area (Å²) in [4.78, 5) is 9.22. The molecule has 0 spiro atoms. The van der Waals surface area contributed by atoms with E-state index in [-0.39, 0.29) is 0 Å². The van der Waals surface area contributed by atoms with Crippen molar-refractivity contribution in [3.05, 3.63) is 65.1 Å². The average molecular weight is 350 g/mol. The Labute approximate surface area is 135 Å². The summed E-state index contributed by atoms with van der Waals surface area (Å²) < 4.78 is 1.02. The van der Waals surface area contributed by atoms with Crippen LogP contribution in [0.3, 0.4) is 0 Å². The van der Waals surface area contributed by atoms with Crippen molar-refractivity contribution >= 4 is 43.4 Å². The van der Waals surface area contributed by atoms with Gasteiger partial charge >= 0.3 is 0 Å². The van der Waals surface area contributed by atoms with Crippen molar-refractivity contribution in [3.63, 3.8) is 0 Å². The van der Waals surface area contributed by atoms with E-state index in [1.54, 1.807) is 0 Å². The van der Waals surface area contributed by atoms with Crippen molar-refractivity contribution in [2.24, 2.45) is 0 Å². The van der Waals surface area contributed by atoms with Crippen LogP contribution in [0.4, 0.5) is 5.82 Å². The number of aromatic nitrogens is 2. The Balaban J connectivity index is 2.05. The Bertz CT molecular complexity index is 994. The number of fused-ring (bicyclic) bond motifs is 3. The molecule has 3 nitrogen and oxygen atoms in total. The molecule has 0 radical (unpaired) electrons. The van der Waals surface area contributed by atoms with Gasteiger partial charge in [0.2, 0.25) is 0 Å². The summed E-state index contributed by atoms with van der Waals surface area (Å²) in [6.45, 7) is 0. The number of nitrogens with two attached hydrogens (primary N) is 1. The fourth-order valence-electron chi connectivity index (χ4n) is 2.62. The van der Waals surface area contributed by atoms with E-state index in [1.807, 2.05) is 42.5 Å². The third kappa shape index (κ3) is 2.12. The molecule has 0 bridgehead atoms. The number of nitrogens with zero attached hydrogens (tertiary/aromatic N) is 2. The number of anilines is 1. The second kappa shape index (κ2) is 5.07. The molecule has 0 fully saturated rings. The third-order valence-corrected chi connectivity index (χ3v) is 4.25. The second-order valence-corrected chi connectivity index (χ2v) is 6.04.